The molecule has 0 radical (unpaired) electrons. The van der Waals surface area contributed by atoms with Crippen LogP contribution in [0.2, 0.25) is 0 Å². The molecule has 0 aromatic carbocycles. The molecule has 0 heterocycles. The van der Waals surface area contributed by atoms with Crippen molar-refractivity contribution in [3.05, 3.63) is 36.5 Å². The van der Waals surface area contributed by atoms with Crippen molar-refractivity contribution in [1.29, 1.82) is 0 Å². The Morgan fingerprint density at radius 1 is 0.359 bits per heavy atom. The molecule has 2 unspecified atom stereocenters. The van der Waals surface area contributed by atoms with Gasteiger partial charge in [0.2, 0.25) is 5.91 Å². The van der Waals surface area contributed by atoms with E-state index in [1.54, 1.807) is 6.08 Å². The quantitative estimate of drug-likeness (QED) is 0.0320. The van der Waals surface area contributed by atoms with E-state index in [0.717, 1.165) is 44.9 Å². The highest BCUT2D eigenvalue weighted by atomic mass is 16.5. The largest absolute Gasteiger partial charge is 0.466 e. The van der Waals surface area contributed by atoms with E-state index in [9.17, 15) is 19.8 Å². The van der Waals surface area contributed by atoms with E-state index in [1.807, 2.05) is 6.08 Å². The van der Waals surface area contributed by atoms with Crippen LogP contribution in [0.3, 0.4) is 0 Å². The van der Waals surface area contributed by atoms with Gasteiger partial charge in [0.15, 0.2) is 0 Å². The van der Waals surface area contributed by atoms with Crippen molar-refractivity contribution in [2.45, 2.75) is 398 Å². The minimum Gasteiger partial charge on any atom is -0.466 e. The van der Waals surface area contributed by atoms with Gasteiger partial charge in [-0.05, 0) is 64.2 Å². The minimum absolute atomic E-state index is 0.0136. The average molecular weight is 1100 g/mol. The van der Waals surface area contributed by atoms with Crippen molar-refractivity contribution in [2.24, 2.45) is 0 Å². The third kappa shape index (κ3) is 63.3. The van der Waals surface area contributed by atoms with Crippen LogP contribution in [0.25, 0.3) is 0 Å². The van der Waals surface area contributed by atoms with Crippen molar-refractivity contribution < 1.29 is 24.5 Å². The summed E-state index contributed by atoms with van der Waals surface area (Å²) in [6, 6.07) is -0.629. The SMILES string of the molecule is CCCCCCCCCCCCCCCCCCC/C=C/C(O)C(CO)NC(=O)CCCCCCCCCCCCCCC/C=C\C/C=C\CCCCCCCCCCCOC(=O)CCCCCCCCCCCCCCC. The van der Waals surface area contributed by atoms with Crippen LogP contribution in [0.4, 0.5) is 0 Å². The van der Waals surface area contributed by atoms with Gasteiger partial charge >= 0.3 is 5.97 Å². The second kappa shape index (κ2) is 67.6. The smallest absolute Gasteiger partial charge is 0.305 e. The molecule has 2 atom stereocenters. The standard InChI is InChI=1S/C72H137NO5/c1-3-5-7-9-11-13-15-17-18-19-31-34-37-41-44-48-52-56-60-64-70(75)69(68-74)73-71(76)65-61-57-53-49-45-42-38-35-32-29-27-25-23-21-20-22-24-26-28-30-33-36-39-43-47-51-55-59-63-67-78-72(77)66-62-58-54-50-46-40-16-14-12-10-8-6-4-2/h20,22,26,28,60,64,69-70,74-75H,3-19,21,23-25,27,29-59,61-63,65-68H2,1-2H3,(H,73,76)/b22-20-,28-26-,64-60+. The number of carbonyl (C=O) groups excluding carboxylic acids is 2. The summed E-state index contributed by atoms with van der Waals surface area (Å²) >= 11 is 0. The van der Waals surface area contributed by atoms with Gasteiger partial charge in [0.1, 0.15) is 0 Å². The first-order valence-corrected chi connectivity index (χ1v) is 35.3. The third-order valence-electron chi connectivity index (χ3n) is 16.4. The van der Waals surface area contributed by atoms with Gasteiger partial charge in [-0.15, -0.1) is 0 Å². The highest BCUT2D eigenvalue weighted by Gasteiger charge is 2.18. The molecule has 0 aliphatic heterocycles. The van der Waals surface area contributed by atoms with E-state index < -0.39 is 12.1 Å². The number of aliphatic hydroxyl groups is 2. The van der Waals surface area contributed by atoms with Crippen LogP contribution in [0.5, 0.6) is 0 Å². The lowest BCUT2D eigenvalue weighted by molar-refractivity contribution is -0.143. The molecule has 6 heteroatoms. The Hall–Kier alpha value is -1.92. The van der Waals surface area contributed by atoms with E-state index >= 15 is 0 Å². The lowest BCUT2D eigenvalue weighted by Gasteiger charge is -2.20. The van der Waals surface area contributed by atoms with Crippen LogP contribution >= 0.6 is 0 Å². The Kier molecular flexibility index (Phi) is 65.9. The maximum Gasteiger partial charge on any atom is 0.305 e. The van der Waals surface area contributed by atoms with Crippen LogP contribution in [-0.2, 0) is 14.3 Å². The van der Waals surface area contributed by atoms with Gasteiger partial charge in [-0.2, -0.15) is 0 Å². The summed E-state index contributed by atoms with van der Waals surface area (Å²) in [5, 5.41) is 23.2. The summed E-state index contributed by atoms with van der Waals surface area (Å²) in [7, 11) is 0. The van der Waals surface area contributed by atoms with Gasteiger partial charge in [-0.1, -0.05) is 346 Å². The van der Waals surface area contributed by atoms with Crippen LogP contribution in [0.1, 0.15) is 386 Å². The zero-order valence-electron chi connectivity index (χ0n) is 52.7. The van der Waals surface area contributed by atoms with Crippen molar-refractivity contribution in [1.82, 2.24) is 5.32 Å². The summed E-state index contributed by atoms with van der Waals surface area (Å²) in [4.78, 5) is 24.6. The Labute approximate surface area is 487 Å². The Balaban J connectivity index is 3.43. The summed E-state index contributed by atoms with van der Waals surface area (Å²) in [5.41, 5.74) is 0. The lowest BCUT2D eigenvalue weighted by atomic mass is 10.0. The van der Waals surface area contributed by atoms with Crippen LogP contribution in [0.15, 0.2) is 36.5 Å². The van der Waals surface area contributed by atoms with Gasteiger partial charge in [0.25, 0.3) is 0 Å². The summed E-state index contributed by atoms with van der Waals surface area (Å²) in [6.45, 7) is 4.93. The molecule has 0 fully saturated rings. The monoisotopic (exact) mass is 1100 g/mol. The second-order valence-corrected chi connectivity index (χ2v) is 24.2. The highest BCUT2D eigenvalue weighted by molar-refractivity contribution is 5.76. The summed E-state index contributed by atoms with van der Waals surface area (Å²) in [5.74, 6) is -0.0522. The highest BCUT2D eigenvalue weighted by Crippen LogP contribution is 2.18. The number of carbonyl (C=O) groups is 2. The molecular formula is C72H137NO5. The molecule has 3 N–H and O–H groups in total. The Morgan fingerprint density at radius 3 is 0.974 bits per heavy atom. The Bertz CT molecular complexity index is 1260. The van der Waals surface area contributed by atoms with Gasteiger partial charge in [-0.3, -0.25) is 9.59 Å². The number of unbranched alkanes of at least 4 members (excludes halogenated alkanes) is 51. The molecule has 6 nitrogen and oxygen atoms in total. The maximum absolute atomic E-state index is 12.5. The predicted octanol–water partition coefficient (Wildman–Crippen LogP) is 22.7. The molecular weight excluding hydrogens is 959 g/mol. The number of rotatable bonds is 66. The van der Waals surface area contributed by atoms with Crippen molar-refractivity contribution in [2.75, 3.05) is 13.2 Å². The molecule has 0 bridgehead atoms. The van der Waals surface area contributed by atoms with E-state index in [1.165, 1.54) is 315 Å². The molecule has 0 saturated carbocycles. The van der Waals surface area contributed by atoms with E-state index in [4.69, 9.17) is 4.74 Å². The number of nitrogens with one attached hydrogen (secondary N) is 1. The number of esters is 1. The van der Waals surface area contributed by atoms with E-state index in [2.05, 4.69) is 43.5 Å². The van der Waals surface area contributed by atoms with E-state index in [0.29, 0.717) is 19.4 Å². The number of ether oxygens (including phenoxy) is 1. The molecule has 0 spiro atoms. The number of allylic oxidation sites excluding steroid dienone is 5. The van der Waals surface area contributed by atoms with Gasteiger partial charge in [0, 0.05) is 12.8 Å². The van der Waals surface area contributed by atoms with Crippen molar-refractivity contribution in [3.8, 4) is 0 Å². The minimum atomic E-state index is -0.846. The molecule has 0 aliphatic carbocycles. The van der Waals surface area contributed by atoms with Crippen molar-refractivity contribution in [3.63, 3.8) is 0 Å². The summed E-state index contributed by atoms with van der Waals surface area (Å²) < 4.78 is 5.48. The topological polar surface area (TPSA) is 95.9 Å². The maximum atomic E-state index is 12.5. The molecule has 0 rings (SSSR count). The third-order valence-corrected chi connectivity index (χ3v) is 16.4. The first-order chi connectivity index (χ1) is 38.5. The number of hydrogen-bond donors (Lipinski definition) is 3. The normalized spacial score (nSPS) is 12.7. The zero-order valence-corrected chi connectivity index (χ0v) is 52.7. The first kappa shape index (κ1) is 76.1. The van der Waals surface area contributed by atoms with Crippen LogP contribution in [-0.4, -0.2) is 47.4 Å². The number of hydrogen-bond acceptors (Lipinski definition) is 5. The number of amides is 1. The summed E-state index contributed by atoms with van der Waals surface area (Å²) in [6.07, 6.45) is 86.5. The zero-order chi connectivity index (χ0) is 56.4. The van der Waals surface area contributed by atoms with Gasteiger partial charge in [-0.25, -0.2) is 0 Å². The molecule has 460 valence electrons. The fourth-order valence-electron chi connectivity index (χ4n) is 11.0. The molecule has 78 heavy (non-hydrogen) atoms. The first-order valence-electron chi connectivity index (χ1n) is 35.3. The Morgan fingerprint density at radius 2 is 0.641 bits per heavy atom. The molecule has 0 aromatic rings. The fourth-order valence-corrected chi connectivity index (χ4v) is 11.0. The van der Waals surface area contributed by atoms with Crippen LogP contribution in [0, 0.1) is 0 Å². The average Bonchev–Trinajstić information content (AvgIpc) is 3.44. The molecule has 0 saturated heterocycles. The second-order valence-electron chi connectivity index (χ2n) is 24.2. The lowest BCUT2D eigenvalue weighted by Crippen LogP contribution is -2.45. The van der Waals surface area contributed by atoms with E-state index in [-0.39, 0.29) is 18.5 Å². The van der Waals surface area contributed by atoms with Gasteiger partial charge < -0.3 is 20.3 Å². The molecule has 1 amide bonds. The molecule has 0 aromatic heterocycles. The predicted molar refractivity (Wildman–Crippen MR) is 343 cm³/mol. The fraction of sp³-hybridized carbons (Fsp3) is 0.889. The van der Waals surface area contributed by atoms with Crippen molar-refractivity contribution >= 4 is 11.9 Å². The van der Waals surface area contributed by atoms with Gasteiger partial charge in [0.05, 0.1) is 25.4 Å². The number of aliphatic hydroxyl groups excluding tert-OH is 2. The van der Waals surface area contributed by atoms with Crippen LogP contribution < -0.4 is 5.32 Å². The molecule has 0 aliphatic rings.